The Labute approximate surface area is 224 Å². The number of hydrogen-bond acceptors (Lipinski definition) is 5. The minimum atomic E-state index is -1.33. The highest BCUT2D eigenvalue weighted by Gasteiger charge is 2.32. The summed E-state index contributed by atoms with van der Waals surface area (Å²) in [5.41, 5.74) is 4.27. The van der Waals surface area contributed by atoms with E-state index in [1.807, 2.05) is 85.1 Å². The molecule has 2 aliphatic heterocycles. The van der Waals surface area contributed by atoms with Crippen molar-refractivity contribution < 1.29 is 14.3 Å². The number of carbonyl (C=O) groups excluding carboxylic acids is 2. The van der Waals surface area contributed by atoms with Crippen LogP contribution in [-0.2, 0) is 9.53 Å². The van der Waals surface area contributed by atoms with E-state index in [1.165, 1.54) is 0 Å². The summed E-state index contributed by atoms with van der Waals surface area (Å²) < 4.78 is 7.35. The molecule has 39 heavy (non-hydrogen) atoms. The van der Waals surface area contributed by atoms with Crippen molar-refractivity contribution in [1.29, 1.82) is 0 Å². The Morgan fingerprint density at radius 3 is 2.21 bits per heavy atom. The summed E-state index contributed by atoms with van der Waals surface area (Å²) >= 11 is 0. The maximum atomic E-state index is 13.1. The van der Waals surface area contributed by atoms with Gasteiger partial charge in [0, 0.05) is 36.5 Å². The predicted octanol–water partition coefficient (Wildman–Crippen LogP) is 4.43. The summed E-state index contributed by atoms with van der Waals surface area (Å²) in [5.74, 6) is -0.510. The van der Waals surface area contributed by atoms with E-state index < -0.39 is 18.2 Å². The first kappa shape index (κ1) is 24.4. The van der Waals surface area contributed by atoms with Crippen LogP contribution >= 0.6 is 0 Å². The molecule has 0 bridgehead atoms. The number of carbonyl (C=O) groups is 2. The molecule has 2 aliphatic rings. The highest BCUT2D eigenvalue weighted by Crippen LogP contribution is 2.27. The quantitative estimate of drug-likeness (QED) is 0.414. The summed E-state index contributed by atoms with van der Waals surface area (Å²) in [7, 11) is 0. The SMILES string of the molecule is O=C1Nc2ccccc2C(c2ccccc2)=NC1OC(=O)N1CCC(n2cc(-c3ccccc3)[nH]c2=O)CC1. The molecule has 1 unspecified atom stereocenters. The summed E-state index contributed by atoms with van der Waals surface area (Å²) in [6, 6.07) is 26.5. The average Bonchev–Trinajstić information content (AvgIpc) is 3.31. The molecule has 1 saturated heterocycles. The summed E-state index contributed by atoms with van der Waals surface area (Å²) in [4.78, 5) is 47.9. The molecular formula is C30H27N5O4. The van der Waals surface area contributed by atoms with Crippen LogP contribution in [0.2, 0.25) is 0 Å². The van der Waals surface area contributed by atoms with Crippen LogP contribution in [0, 0.1) is 0 Å². The van der Waals surface area contributed by atoms with Gasteiger partial charge in [0.2, 0.25) is 0 Å². The Hall–Kier alpha value is -4.92. The normalized spacial score (nSPS) is 17.5. The number of hydrogen-bond donors (Lipinski definition) is 2. The molecule has 3 heterocycles. The van der Waals surface area contributed by atoms with Crippen molar-refractivity contribution in [2.24, 2.45) is 4.99 Å². The fourth-order valence-corrected chi connectivity index (χ4v) is 5.09. The number of H-pyrrole nitrogens is 1. The van der Waals surface area contributed by atoms with Crippen LogP contribution in [-0.4, -0.2) is 51.5 Å². The number of para-hydroxylation sites is 1. The maximum Gasteiger partial charge on any atom is 0.412 e. The number of anilines is 1. The molecule has 0 spiro atoms. The molecule has 0 aliphatic carbocycles. The van der Waals surface area contributed by atoms with Crippen molar-refractivity contribution in [2.45, 2.75) is 25.1 Å². The number of ether oxygens (including phenoxy) is 1. The van der Waals surface area contributed by atoms with Crippen LogP contribution < -0.4 is 11.0 Å². The fourth-order valence-electron chi connectivity index (χ4n) is 5.09. The lowest BCUT2D eigenvalue weighted by atomic mass is 10.0. The van der Waals surface area contributed by atoms with Crippen molar-refractivity contribution in [2.75, 3.05) is 18.4 Å². The second-order valence-electron chi connectivity index (χ2n) is 9.58. The van der Waals surface area contributed by atoms with Gasteiger partial charge in [-0.1, -0.05) is 78.9 Å². The highest BCUT2D eigenvalue weighted by atomic mass is 16.6. The first-order valence-electron chi connectivity index (χ1n) is 12.9. The van der Waals surface area contributed by atoms with E-state index in [0.717, 1.165) is 22.4 Å². The lowest BCUT2D eigenvalue weighted by Gasteiger charge is -2.32. The molecule has 0 radical (unpaired) electrons. The van der Waals surface area contributed by atoms with Crippen LogP contribution in [0.4, 0.5) is 10.5 Å². The van der Waals surface area contributed by atoms with Crippen molar-refractivity contribution in [3.63, 3.8) is 0 Å². The largest absolute Gasteiger partial charge is 0.414 e. The van der Waals surface area contributed by atoms with Gasteiger partial charge in [-0.3, -0.25) is 9.36 Å². The molecule has 6 rings (SSSR count). The first-order valence-corrected chi connectivity index (χ1v) is 12.9. The van der Waals surface area contributed by atoms with E-state index in [0.29, 0.717) is 37.3 Å². The number of fused-ring (bicyclic) bond motifs is 1. The molecule has 0 saturated carbocycles. The minimum absolute atomic E-state index is 0.0476. The molecule has 9 nitrogen and oxygen atoms in total. The summed E-state index contributed by atoms with van der Waals surface area (Å²) in [6.07, 6.45) is 1.06. The summed E-state index contributed by atoms with van der Waals surface area (Å²) in [5, 5.41) is 2.84. The van der Waals surface area contributed by atoms with Crippen LogP contribution in [0.1, 0.15) is 30.0 Å². The van der Waals surface area contributed by atoms with Crippen LogP contribution in [0.25, 0.3) is 11.3 Å². The molecule has 3 aromatic carbocycles. The van der Waals surface area contributed by atoms with Crippen molar-refractivity contribution in [1.82, 2.24) is 14.5 Å². The number of nitrogens with zero attached hydrogens (tertiary/aromatic N) is 3. The van der Waals surface area contributed by atoms with Gasteiger partial charge in [0.15, 0.2) is 0 Å². The molecule has 4 aromatic rings. The van der Waals surface area contributed by atoms with Crippen LogP contribution in [0.3, 0.4) is 0 Å². The van der Waals surface area contributed by atoms with Gasteiger partial charge < -0.3 is 19.9 Å². The highest BCUT2D eigenvalue weighted by molar-refractivity contribution is 6.19. The zero-order chi connectivity index (χ0) is 26.8. The molecule has 9 heteroatoms. The van der Waals surface area contributed by atoms with E-state index in [1.54, 1.807) is 15.5 Å². The Kier molecular flexibility index (Phi) is 6.54. The van der Waals surface area contributed by atoms with E-state index in [4.69, 9.17) is 4.74 Å². The van der Waals surface area contributed by atoms with Crippen LogP contribution in [0.15, 0.2) is 101 Å². The third-order valence-electron chi connectivity index (χ3n) is 7.12. The molecule has 1 aromatic heterocycles. The van der Waals surface area contributed by atoms with Gasteiger partial charge in [0.05, 0.1) is 17.1 Å². The van der Waals surface area contributed by atoms with Gasteiger partial charge in [-0.2, -0.15) is 0 Å². The van der Waals surface area contributed by atoms with Gasteiger partial charge in [-0.15, -0.1) is 0 Å². The van der Waals surface area contributed by atoms with Gasteiger partial charge in [-0.05, 0) is 24.5 Å². The molecule has 196 valence electrons. The van der Waals surface area contributed by atoms with E-state index >= 15 is 0 Å². The van der Waals surface area contributed by atoms with Crippen molar-refractivity contribution in [3.8, 4) is 11.3 Å². The molecule has 2 N–H and O–H groups in total. The van der Waals surface area contributed by atoms with Gasteiger partial charge >= 0.3 is 11.8 Å². The third kappa shape index (κ3) is 4.98. The molecule has 1 atom stereocenters. The van der Waals surface area contributed by atoms with E-state index in [-0.39, 0.29) is 11.7 Å². The Morgan fingerprint density at radius 1 is 0.846 bits per heavy atom. The van der Waals surface area contributed by atoms with Crippen molar-refractivity contribution >= 4 is 23.4 Å². The Bertz CT molecular complexity index is 1580. The Morgan fingerprint density at radius 2 is 1.49 bits per heavy atom. The number of piperidine rings is 1. The number of aromatic nitrogens is 2. The molecule has 2 amide bonds. The van der Waals surface area contributed by atoms with Gasteiger partial charge in [0.25, 0.3) is 12.1 Å². The number of rotatable bonds is 4. The first-order chi connectivity index (χ1) is 19.1. The Balaban J connectivity index is 1.16. The zero-order valence-electron chi connectivity index (χ0n) is 21.1. The van der Waals surface area contributed by atoms with Gasteiger partial charge in [0.1, 0.15) is 0 Å². The lowest BCUT2D eigenvalue weighted by Crippen LogP contribution is -2.43. The third-order valence-corrected chi connectivity index (χ3v) is 7.12. The maximum absolute atomic E-state index is 13.1. The number of amides is 2. The van der Waals surface area contributed by atoms with Crippen molar-refractivity contribution in [3.05, 3.63) is 113 Å². The van der Waals surface area contributed by atoms with Crippen LogP contribution in [0.5, 0.6) is 0 Å². The number of aromatic amines is 1. The molecular weight excluding hydrogens is 494 g/mol. The number of benzene rings is 3. The number of benzodiazepines with no additional fused rings is 1. The monoisotopic (exact) mass is 521 g/mol. The topological polar surface area (TPSA) is 109 Å². The second-order valence-corrected chi connectivity index (χ2v) is 9.58. The number of nitrogens with one attached hydrogen (secondary N) is 2. The zero-order valence-corrected chi connectivity index (χ0v) is 21.1. The number of aliphatic imine (C=N–C) groups is 1. The summed E-state index contributed by atoms with van der Waals surface area (Å²) in [6.45, 7) is 0.789. The minimum Gasteiger partial charge on any atom is -0.414 e. The number of likely N-dealkylation sites (tertiary alicyclic amines) is 1. The van der Waals surface area contributed by atoms with E-state index in [9.17, 15) is 14.4 Å². The fraction of sp³-hybridized carbons (Fsp3) is 0.200. The standard InChI is InChI=1S/C30H27N5O4/c36-27-28(33-26(21-11-5-2-6-12-21)23-13-7-8-14-24(23)31-27)39-30(38)34-17-15-22(16-18-34)35-19-25(32-29(35)37)20-9-3-1-4-10-20/h1-14,19,22,28H,15-18H2,(H,31,36)(H,32,37). The van der Waals surface area contributed by atoms with E-state index in [2.05, 4.69) is 15.3 Å². The lowest BCUT2D eigenvalue weighted by molar-refractivity contribution is -0.124. The molecule has 1 fully saturated rings. The smallest absolute Gasteiger partial charge is 0.412 e. The van der Waals surface area contributed by atoms with Gasteiger partial charge in [-0.25, -0.2) is 14.6 Å². The number of imidazole rings is 1. The second kappa shape index (κ2) is 10.4. The predicted molar refractivity (Wildman–Crippen MR) is 148 cm³/mol. The average molecular weight is 522 g/mol.